The number of halogens is 3. The number of hydrogen-bond donors (Lipinski definition) is 2. The van der Waals surface area contributed by atoms with Gasteiger partial charge in [0.15, 0.2) is 0 Å². The molecule has 0 unspecified atom stereocenters. The van der Waals surface area contributed by atoms with Crippen LogP contribution in [0.3, 0.4) is 0 Å². The maximum atomic E-state index is 13.2. The summed E-state index contributed by atoms with van der Waals surface area (Å²) < 4.78 is 49.1. The minimum absolute atomic E-state index is 0.185. The monoisotopic (exact) mass is 317 g/mol. The van der Waals surface area contributed by atoms with Crippen molar-refractivity contribution in [2.75, 3.05) is 6.54 Å². The molecule has 2 aromatic heterocycles. The summed E-state index contributed by atoms with van der Waals surface area (Å²) in [4.78, 5) is 11.6. The molecule has 1 amide bonds. The molecule has 0 aliphatic rings. The normalized spacial score (nSPS) is 14.6. The van der Waals surface area contributed by atoms with Crippen molar-refractivity contribution in [3.05, 3.63) is 47.8 Å². The first-order valence-corrected chi connectivity index (χ1v) is 6.40. The fourth-order valence-corrected chi connectivity index (χ4v) is 1.91. The van der Waals surface area contributed by atoms with E-state index in [1.807, 2.05) is 0 Å². The van der Waals surface area contributed by atoms with Crippen LogP contribution in [0, 0.1) is 6.92 Å². The van der Waals surface area contributed by atoms with Gasteiger partial charge >= 0.3 is 6.18 Å². The van der Waals surface area contributed by atoms with Gasteiger partial charge in [-0.15, -0.1) is 0 Å². The lowest BCUT2D eigenvalue weighted by atomic mass is 9.95. The van der Waals surface area contributed by atoms with E-state index in [1.165, 1.54) is 31.6 Å². The van der Waals surface area contributed by atoms with Crippen LogP contribution in [0.5, 0.6) is 0 Å². The zero-order chi connectivity index (χ0) is 16.4. The Balaban J connectivity index is 2.07. The van der Waals surface area contributed by atoms with Crippen LogP contribution in [0.15, 0.2) is 39.6 Å². The number of nitrogens with one attached hydrogen (secondary N) is 1. The van der Waals surface area contributed by atoms with Crippen molar-refractivity contribution in [1.82, 2.24) is 5.32 Å². The Labute approximate surface area is 123 Å². The van der Waals surface area contributed by atoms with E-state index in [2.05, 4.69) is 5.32 Å². The molecule has 120 valence electrons. The molecule has 0 fully saturated rings. The van der Waals surface area contributed by atoms with E-state index in [0.717, 1.165) is 6.07 Å². The van der Waals surface area contributed by atoms with Gasteiger partial charge in [-0.05, 0) is 25.1 Å². The van der Waals surface area contributed by atoms with Gasteiger partial charge in [0.1, 0.15) is 17.8 Å². The molecule has 22 heavy (non-hydrogen) atoms. The average Bonchev–Trinajstić information content (AvgIpc) is 3.07. The number of aryl methyl sites for hydroxylation is 1. The number of hydrogen-bond acceptors (Lipinski definition) is 4. The lowest BCUT2D eigenvalue weighted by Crippen LogP contribution is -2.44. The molecule has 0 aliphatic carbocycles. The average molecular weight is 317 g/mol. The van der Waals surface area contributed by atoms with Crippen LogP contribution in [0.1, 0.15) is 28.3 Å². The van der Waals surface area contributed by atoms with Crippen LogP contribution in [-0.2, 0) is 5.60 Å². The van der Waals surface area contributed by atoms with Gasteiger partial charge in [0.2, 0.25) is 5.60 Å². The summed E-state index contributed by atoms with van der Waals surface area (Å²) in [5.41, 5.74) is -2.98. The molecule has 0 spiro atoms. The summed E-state index contributed by atoms with van der Waals surface area (Å²) in [5.74, 6) is -0.941. The summed E-state index contributed by atoms with van der Waals surface area (Å²) in [7, 11) is 0. The SMILES string of the molecule is Cc1ccc([C@](O)(CCNC(=O)c2ccoc2)C(F)(F)F)o1. The van der Waals surface area contributed by atoms with Crippen LogP contribution in [0.25, 0.3) is 0 Å². The third-order valence-corrected chi connectivity index (χ3v) is 3.17. The van der Waals surface area contributed by atoms with Crippen LogP contribution in [0.2, 0.25) is 0 Å². The molecule has 1 atom stereocenters. The van der Waals surface area contributed by atoms with Gasteiger partial charge in [-0.3, -0.25) is 4.79 Å². The number of amides is 1. The molecule has 2 heterocycles. The van der Waals surface area contributed by atoms with Crippen LogP contribution in [0.4, 0.5) is 13.2 Å². The number of furan rings is 2. The third-order valence-electron chi connectivity index (χ3n) is 3.17. The van der Waals surface area contributed by atoms with Crippen molar-refractivity contribution < 1.29 is 31.9 Å². The van der Waals surface area contributed by atoms with E-state index in [0.29, 0.717) is 0 Å². The second-order valence-corrected chi connectivity index (χ2v) is 4.79. The molecule has 0 bridgehead atoms. The first-order chi connectivity index (χ1) is 10.2. The largest absolute Gasteiger partial charge is 0.472 e. The van der Waals surface area contributed by atoms with E-state index in [-0.39, 0.29) is 17.9 Å². The highest BCUT2D eigenvalue weighted by Crippen LogP contribution is 2.41. The third kappa shape index (κ3) is 3.16. The second-order valence-electron chi connectivity index (χ2n) is 4.79. The molecule has 5 nitrogen and oxygen atoms in total. The fourth-order valence-electron chi connectivity index (χ4n) is 1.91. The zero-order valence-corrected chi connectivity index (χ0v) is 11.6. The van der Waals surface area contributed by atoms with E-state index in [1.54, 1.807) is 0 Å². The molecule has 2 aromatic rings. The smallest absolute Gasteiger partial charge is 0.424 e. The maximum absolute atomic E-state index is 13.2. The molecular weight excluding hydrogens is 303 g/mol. The summed E-state index contributed by atoms with van der Waals surface area (Å²) >= 11 is 0. The first-order valence-electron chi connectivity index (χ1n) is 6.40. The van der Waals surface area contributed by atoms with Gasteiger partial charge in [0.05, 0.1) is 11.8 Å². The predicted octanol–water partition coefficient (Wildman–Crippen LogP) is 2.75. The highest BCUT2D eigenvalue weighted by Gasteiger charge is 2.56. The van der Waals surface area contributed by atoms with Crippen molar-refractivity contribution >= 4 is 5.91 Å². The molecule has 2 rings (SSSR count). The number of rotatable bonds is 5. The van der Waals surface area contributed by atoms with Crippen molar-refractivity contribution in [3.8, 4) is 0 Å². The van der Waals surface area contributed by atoms with E-state index >= 15 is 0 Å². The summed E-state index contributed by atoms with van der Waals surface area (Å²) in [6.07, 6.45) is -3.27. The quantitative estimate of drug-likeness (QED) is 0.889. The van der Waals surface area contributed by atoms with Gasteiger partial charge in [0.25, 0.3) is 5.91 Å². The fraction of sp³-hybridized carbons (Fsp3) is 0.357. The van der Waals surface area contributed by atoms with E-state index in [4.69, 9.17) is 8.83 Å². The molecular formula is C14H14F3NO4. The Kier molecular flexibility index (Phi) is 4.32. The van der Waals surface area contributed by atoms with Gasteiger partial charge in [-0.25, -0.2) is 0 Å². The molecule has 0 saturated heterocycles. The number of carbonyl (C=O) groups excluding carboxylic acids is 1. The second kappa shape index (κ2) is 5.88. The first kappa shape index (κ1) is 16.2. The summed E-state index contributed by atoms with van der Waals surface area (Å²) in [5, 5.41) is 12.3. The van der Waals surface area contributed by atoms with Crippen molar-refractivity contribution in [1.29, 1.82) is 0 Å². The molecule has 0 aromatic carbocycles. The Morgan fingerprint density at radius 3 is 2.55 bits per heavy atom. The zero-order valence-electron chi connectivity index (χ0n) is 11.6. The molecule has 2 N–H and O–H groups in total. The minimum Gasteiger partial charge on any atom is -0.472 e. The highest BCUT2D eigenvalue weighted by molar-refractivity contribution is 5.93. The lowest BCUT2D eigenvalue weighted by Gasteiger charge is -2.28. The van der Waals surface area contributed by atoms with Gasteiger partial charge in [-0.1, -0.05) is 0 Å². The number of aliphatic hydroxyl groups is 1. The number of carbonyl (C=O) groups is 1. The highest BCUT2D eigenvalue weighted by atomic mass is 19.4. The van der Waals surface area contributed by atoms with Gasteiger partial charge in [-0.2, -0.15) is 13.2 Å². The molecule has 8 heteroatoms. The topological polar surface area (TPSA) is 75.6 Å². The Morgan fingerprint density at radius 1 is 1.32 bits per heavy atom. The van der Waals surface area contributed by atoms with Crippen LogP contribution in [-0.4, -0.2) is 23.7 Å². The van der Waals surface area contributed by atoms with E-state index in [9.17, 15) is 23.1 Å². The molecule has 0 aliphatic heterocycles. The van der Waals surface area contributed by atoms with Crippen LogP contribution < -0.4 is 5.32 Å². The lowest BCUT2D eigenvalue weighted by molar-refractivity contribution is -0.274. The van der Waals surface area contributed by atoms with Crippen molar-refractivity contribution in [2.24, 2.45) is 0 Å². The standard InChI is InChI=1S/C14H14F3NO4/c1-9-2-3-11(22-9)13(20,14(15,16)17)5-6-18-12(19)10-4-7-21-8-10/h2-4,7-8,20H,5-6H2,1H3,(H,18,19)/t13-/m1/s1. The number of alkyl halides is 3. The van der Waals surface area contributed by atoms with Crippen molar-refractivity contribution in [2.45, 2.75) is 25.1 Å². The van der Waals surface area contributed by atoms with Gasteiger partial charge in [0, 0.05) is 13.0 Å². The van der Waals surface area contributed by atoms with Crippen molar-refractivity contribution in [3.63, 3.8) is 0 Å². The Bertz CT molecular complexity index is 633. The Morgan fingerprint density at radius 2 is 2.05 bits per heavy atom. The predicted molar refractivity (Wildman–Crippen MR) is 69.1 cm³/mol. The molecule has 0 saturated carbocycles. The van der Waals surface area contributed by atoms with Crippen LogP contribution >= 0.6 is 0 Å². The van der Waals surface area contributed by atoms with Gasteiger partial charge < -0.3 is 19.3 Å². The summed E-state index contributed by atoms with van der Waals surface area (Å²) in [6.45, 7) is 1.08. The van der Waals surface area contributed by atoms with E-state index < -0.39 is 29.9 Å². The Hall–Kier alpha value is -2.22. The molecule has 0 radical (unpaired) electrons. The minimum atomic E-state index is -4.93. The summed E-state index contributed by atoms with van der Waals surface area (Å²) in [6, 6.07) is 3.78. The maximum Gasteiger partial charge on any atom is 0.424 e.